The Balaban J connectivity index is 2.08. The van der Waals surface area contributed by atoms with Crippen LogP contribution < -0.4 is 5.32 Å². The molecule has 1 unspecified atom stereocenters. The molecule has 0 saturated carbocycles. The van der Waals surface area contributed by atoms with Crippen molar-refractivity contribution in [3.8, 4) is 0 Å². The number of carbonyl (C=O) groups is 1. The van der Waals surface area contributed by atoms with Gasteiger partial charge in [0.2, 0.25) is 0 Å². The highest BCUT2D eigenvalue weighted by Gasteiger charge is 2.12. The summed E-state index contributed by atoms with van der Waals surface area (Å²) < 4.78 is 13.5. The molecule has 0 aliphatic heterocycles. The molecule has 2 rings (SSSR count). The maximum Gasteiger partial charge on any atom is 0.251 e. The van der Waals surface area contributed by atoms with Crippen LogP contribution in [-0.2, 0) is 0 Å². The van der Waals surface area contributed by atoms with E-state index in [-0.39, 0.29) is 22.2 Å². The van der Waals surface area contributed by atoms with Crippen molar-refractivity contribution in [1.82, 2.24) is 5.32 Å². The van der Waals surface area contributed by atoms with E-state index < -0.39 is 0 Å². The number of rotatable bonds is 4. The molecule has 0 aromatic heterocycles. The second-order valence-electron chi connectivity index (χ2n) is 4.60. The maximum absolute atomic E-state index is 13.2. The van der Waals surface area contributed by atoms with E-state index in [0.717, 1.165) is 5.56 Å². The smallest absolute Gasteiger partial charge is 0.251 e. The summed E-state index contributed by atoms with van der Waals surface area (Å²) in [6.07, 6.45) is 2.02. The Hall–Kier alpha value is -1.33. The first-order valence-corrected chi connectivity index (χ1v) is 8.43. The Morgan fingerprint density at radius 2 is 1.90 bits per heavy atom. The maximum atomic E-state index is 13.2. The summed E-state index contributed by atoms with van der Waals surface area (Å²) in [5.41, 5.74) is 1.46. The number of halogens is 2. The first-order chi connectivity index (χ1) is 10.0. The lowest BCUT2D eigenvalue weighted by Crippen LogP contribution is -2.26. The van der Waals surface area contributed by atoms with E-state index in [4.69, 9.17) is 0 Å². The van der Waals surface area contributed by atoms with Crippen LogP contribution in [0.5, 0.6) is 0 Å². The molecule has 1 N–H and O–H groups in total. The fraction of sp³-hybridized carbons (Fsp3) is 0.188. The number of hydrogen-bond acceptors (Lipinski definition) is 2. The lowest BCUT2D eigenvalue weighted by Gasteiger charge is -2.15. The van der Waals surface area contributed by atoms with Gasteiger partial charge >= 0.3 is 0 Å². The van der Waals surface area contributed by atoms with E-state index in [0.29, 0.717) is 5.56 Å². The SMILES string of the molecule is CSc1ccc(C(C)NC(=O)c2ccc(F)c(Br)c2)cc1. The van der Waals surface area contributed by atoms with E-state index >= 15 is 0 Å². The molecule has 0 spiro atoms. The van der Waals surface area contributed by atoms with Gasteiger partial charge in [0.1, 0.15) is 5.82 Å². The highest BCUT2D eigenvalue weighted by atomic mass is 79.9. The number of hydrogen-bond donors (Lipinski definition) is 1. The van der Waals surface area contributed by atoms with Crippen molar-refractivity contribution < 1.29 is 9.18 Å². The summed E-state index contributed by atoms with van der Waals surface area (Å²) in [5.74, 6) is -0.607. The van der Waals surface area contributed by atoms with E-state index in [1.807, 2.05) is 37.4 Å². The van der Waals surface area contributed by atoms with Crippen molar-refractivity contribution in [3.05, 3.63) is 63.9 Å². The second kappa shape index (κ2) is 7.09. The van der Waals surface area contributed by atoms with Crippen LogP contribution in [0.15, 0.2) is 51.8 Å². The van der Waals surface area contributed by atoms with Gasteiger partial charge in [-0.3, -0.25) is 4.79 Å². The van der Waals surface area contributed by atoms with Crippen LogP contribution in [0.3, 0.4) is 0 Å². The molecule has 0 aliphatic carbocycles. The van der Waals surface area contributed by atoms with Crippen LogP contribution >= 0.6 is 27.7 Å². The van der Waals surface area contributed by atoms with Crippen LogP contribution in [-0.4, -0.2) is 12.2 Å². The summed E-state index contributed by atoms with van der Waals surface area (Å²) in [4.78, 5) is 13.3. The van der Waals surface area contributed by atoms with Crippen molar-refractivity contribution in [2.75, 3.05) is 6.26 Å². The van der Waals surface area contributed by atoms with Gasteiger partial charge in [-0.05, 0) is 65.0 Å². The zero-order chi connectivity index (χ0) is 15.4. The number of benzene rings is 2. The topological polar surface area (TPSA) is 29.1 Å². The van der Waals surface area contributed by atoms with Crippen molar-refractivity contribution >= 4 is 33.6 Å². The molecule has 0 heterocycles. The van der Waals surface area contributed by atoms with E-state index in [1.54, 1.807) is 11.8 Å². The molecule has 1 atom stereocenters. The predicted octanol–water partition coefficient (Wildman–Crippen LogP) is 4.80. The molecular formula is C16H15BrFNOS. The van der Waals surface area contributed by atoms with Gasteiger partial charge in [-0.25, -0.2) is 4.39 Å². The molecule has 0 bridgehead atoms. The van der Waals surface area contributed by atoms with E-state index in [2.05, 4.69) is 21.2 Å². The normalized spacial score (nSPS) is 12.0. The Morgan fingerprint density at radius 3 is 2.48 bits per heavy atom. The van der Waals surface area contributed by atoms with Gasteiger partial charge in [0.15, 0.2) is 0 Å². The minimum Gasteiger partial charge on any atom is -0.346 e. The molecule has 0 radical (unpaired) electrons. The molecule has 5 heteroatoms. The second-order valence-corrected chi connectivity index (χ2v) is 6.33. The van der Waals surface area contributed by atoms with E-state index in [9.17, 15) is 9.18 Å². The van der Waals surface area contributed by atoms with Gasteiger partial charge in [0, 0.05) is 10.5 Å². The molecule has 2 aromatic carbocycles. The average molecular weight is 368 g/mol. The van der Waals surface area contributed by atoms with Crippen molar-refractivity contribution in [1.29, 1.82) is 0 Å². The van der Waals surface area contributed by atoms with Gasteiger partial charge in [-0.15, -0.1) is 11.8 Å². The third-order valence-electron chi connectivity index (χ3n) is 3.15. The van der Waals surface area contributed by atoms with Gasteiger partial charge in [0.05, 0.1) is 10.5 Å². The highest BCUT2D eigenvalue weighted by molar-refractivity contribution is 9.10. The molecule has 110 valence electrons. The number of amides is 1. The minimum absolute atomic E-state index is 0.114. The van der Waals surface area contributed by atoms with Gasteiger partial charge in [0.25, 0.3) is 5.91 Å². The monoisotopic (exact) mass is 367 g/mol. The molecule has 21 heavy (non-hydrogen) atoms. The minimum atomic E-state index is -0.382. The molecule has 1 amide bonds. The Bertz CT molecular complexity index is 645. The predicted molar refractivity (Wildman–Crippen MR) is 88.2 cm³/mol. The summed E-state index contributed by atoms with van der Waals surface area (Å²) in [6, 6.07) is 12.2. The summed E-state index contributed by atoms with van der Waals surface area (Å²) in [7, 11) is 0. The molecular weight excluding hydrogens is 353 g/mol. The lowest BCUT2D eigenvalue weighted by molar-refractivity contribution is 0.0940. The molecule has 0 aliphatic rings. The zero-order valence-electron chi connectivity index (χ0n) is 11.7. The number of carbonyl (C=O) groups excluding carboxylic acids is 1. The van der Waals surface area contributed by atoms with Gasteiger partial charge in [-0.1, -0.05) is 12.1 Å². The van der Waals surface area contributed by atoms with Crippen molar-refractivity contribution in [3.63, 3.8) is 0 Å². The van der Waals surface area contributed by atoms with Crippen LogP contribution in [0.25, 0.3) is 0 Å². The Kier molecular flexibility index (Phi) is 5.42. The van der Waals surface area contributed by atoms with Crippen LogP contribution in [0.2, 0.25) is 0 Å². The standard InChI is InChI=1S/C16H15BrFNOS/c1-10(11-3-6-13(21-2)7-4-11)19-16(20)12-5-8-15(18)14(17)9-12/h3-10H,1-2H3,(H,19,20). The molecule has 0 saturated heterocycles. The summed E-state index contributed by atoms with van der Waals surface area (Å²) in [5, 5.41) is 2.91. The highest BCUT2D eigenvalue weighted by Crippen LogP contribution is 2.20. The van der Waals surface area contributed by atoms with Crippen molar-refractivity contribution in [2.45, 2.75) is 17.9 Å². The van der Waals surface area contributed by atoms with Gasteiger partial charge in [-0.2, -0.15) is 0 Å². The largest absolute Gasteiger partial charge is 0.346 e. The fourth-order valence-corrected chi connectivity index (χ4v) is 2.68. The van der Waals surface area contributed by atoms with Crippen LogP contribution in [0, 0.1) is 5.82 Å². The summed E-state index contributed by atoms with van der Waals surface area (Å²) >= 11 is 4.76. The first kappa shape index (κ1) is 16.0. The lowest BCUT2D eigenvalue weighted by atomic mass is 10.1. The number of nitrogens with one attached hydrogen (secondary N) is 1. The Labute approximate surface area is 136 Å². The molecule has 2 aromatic rings. The van der Waals surface area contributed by atoms with Crippen LogP contribution in [0.1, 0.15) is 28.9 Å². The van der Waals surface area contributed by atoms with Crippen molar-refractivity contribution in [2.24, 2.45) is 0 Å². The average Bonchev–Trinajstić information content (AvgIpc) is 2.50. The fourth-order valence-electron chi connectivity index (χ4n) is 1.89. The third-order valence-corrected chi connectivity index (χ3v) is 4.50. The van der Waals surface area contributed by atoms with Crippen LogP contribution in [0.4, 0.5) is 4.39 Å². The Morgan fingerprint density at radius 1 is 1.24 bits per heavy atom. The molecule has 2 nitrogen and oxygen atoms in total. The molecule has 0 fully saturated rings. The third kappa shape index (κ3) is 4.08. The van der Waals surface area contributed by atoms with E-state index in [1.165, 1.54) is 23.1 Å². The first-order valence-electron chi connectivity index (χ1n) is 6.41. The van der Waals surface area contributed by atoms with Gasteiger partial charge < -0.3 is 5.32 Å². The number of thioether (sulfide) groups is 1. The zero-order valence-corrected chi connectivity index (χ0v) is 14.1. The summed E-state index contributed by atoms with van der Waals surface area (Å²) in [6.45, 7) is 1.92. The quantitative estimate of drug-likeness (QED) is 0.786.